The number of ether oxygens (including phenoxy) is 1. The van der Waals surface area contributed by atoms with Crippen molar-refractivity contribution in [1.29, 1.82) is 0 Å². The molecule has 1 aromatic heterocycles. The van der Waals surface area contributed by atoms with Gasteiger partial charge in [0.2, 0.25) is 0 Å². The molecule has 0 saturated carbocycles. The highest BCUT2D eigenvalue weighted by Crippen LogP contribution is 2.25. The van der Waals surface area contributed by atoms with Gasteiger partial charge in [-0.3, -0.25) is 5.32 Å². The lowest BCUT2D eigenvalue weighted by Crippen LogP contribution is -2.11. The fraction of sp³-hybridized carbons (Fsp3) is 0.154. The molecule has 17 heavy (non-hydrogen) atoms. The summed E-state index contributed by atoms with van der Waals surface area (Å²) in [4.78, 5) is 11.2. The number of amides is 1. The number of hydrogen-bond acceptors (Lipinski definition) is 3. The molecule has 2 rings (SSSR count). The van der Waals surface area contributed by atoms with Crippen LogP contribution in [0.4, 0.5) is 9.80 Å². The Labute approximate surface area is 104 Å². The maximum absolute atomic E-state index is 11.2. The number of rotatable bonds is 3. The van der Waals surface area contributed by atoms with Gasteiger partial charge in [-0.2, -0.15) is 0 Å². The predicted molar refractivity (Wildman–Crippen MR) is 69.6 cm³/mol. The van der Waals surface area contributed by atoms with Crippen molar-refractivity contribution < 1.29 is 9.53 Å². The molecule has 0 spiro atoms. The molecule has 0 aliphatic heterocycles. The summed E-state index contributed by atoms with van der Waals surface area (Å²) in [5.74, 6) is 0. The van der Waals surface area contributed by atoms with Gasteiger partial charge in [-0.1, -0.05) is 30.3 Å². The van der Waals surface area contributed by atoms with E-state index in [1.807, 2.05) is 29.6 Å². The van der Waals surface area contributed by atoms with Crippen LogP contribution < -0.4 is 5.32 Å². The molecule has 0 radical (unpaired) electrons. The summed E-state index contributed by atoms with van der Waals surface area (Å²) in [5, 5.41) is 5.53. The number of carbonyl (C=O) groups excluding carboxylic acids is 1. The minimum absolute atomic E-state index is 0.429. The molecular weight excluding hydrogens is 234 g/mol. The van der Waals surface area contributed by atoms with Crippen molar-refractivity contribution in [2.24, 2.45) is 0 Å². The van der Waals surface area contributed by atoms with Crippen molar-refractivity contribution >= 4 is 22.4 Å². The lowest BCUT2D eigenvalue weighted by atomic mass is 10.1. The summed E-state index contributed by atoms with van der Waals surface area (Å²) in [6.45, 7) is 0. The minimum atomic E-state index is -0.429. The van der Waals surface area contributed by atoms with Gasteiger partial charge in [-0.25, -0.2) is 4.79 Å². The Morgan fingerprint density at radius 2 is 2.06 bits per heavy atom. The van der Waals surface area contributed by atoms with E-state index < -0.39 is 6.09 Å². The standard InChI is InChI=1S/C13H13NO2S/c1-16-13(15)14-12-11(7-8-17-12)9-10-5-3-2-4-6-10/h2-8H,9H2,1H3,(H,14,15). The molecule has 0 bridgehead atoms. The average Bonchev–Trinajstić information content (AvgIpc) is 2.78. The molecule has 0 unspecified atom stereocenters. The molecule has 0 aliphatic rings. The molecule has 88 valence electrons. The van der Waals surface area contributed by atoms with Crippen LogP contribution in [0, 0.1) is 0 Å². The summed E-state index contributed by atoms with van der Waals surface area (Å²) < 4.78 is 4.59. The Bertz CT molecular complexity index is 493. The first kappa shape index (κ1) is 11.7. The van der Waals surface area contributed by atoms with Crippen LogP contribution in [0.5, 0.6) is 0 Å². The minimum Gasteiger partial charge on any atom is -0.453 e. The van der Waals surface area contributed by atoms with E-state index >= 15 is 0 Å². The highest BCUT2D eigenvalue weighted by atomic mass is 32.1. The van der Waals surface area contributed by atoms with Crippen LogP contribution in [0.3, 0.4) is 0 Å². The number of hydrogen-bond donors (Lipinski definition) is 1. The number of benzene rings is 1. The third-order valence-electron chi connectivity index (χ3n) is 2.39. The quantitative estimate of drug-likeness (QED) is 0.901. The Morgan fingerprint density at radius 1 is 1.29 bits per heavy atom. The first-order valence-corrected chi connectivity index (χ1v) is 6.13. The van der Waals surface area contributed by atoms with Crippen LogP contribution in [0.15, 0.2) is 41.8 Å². The average molecular weight is 247 g/mol. The van der Waals surface area contributed by atoms with E-state index in [1.165, 1.54) is 24.0 Å². The van der Waals surface area contributed by atoms with Gasteiger partial charge in [-0.05, 0) is 22.6 Å². The van der Waals surface area contributed by atoms with E-state index in [0.717, 1.165) is 17.0 Å². The number of carbonyl (C=O) groups is 1. The fourth-order valence-electron chi connectivity index (χ4n) is 1.54. The van der Waals surface area contributed by atoms with Crippen LogP contribution in [-0.2, 0) is 11.2 Å². The third kappa shape index (κ3) is 3.07. The maximum atomic E-state index is 11.2. The summed E-state index contributed by atoms with van der Waals surface area (Å²) in [7, 11) is 1.36. The molecule has 0 atom stereocenters. The third-order valence-corrected chi connectivity index (χ3v) is 3.26. The van der Waals surface area contributed by atoms with Gasteiger partial charge in [0.05, 0.1) is 7.11 Å². The number of methoxy groups -OCH3 is 1. The van der Waals surface area contributed by atoms with Crippen molar-refractivity contribution in [1.82, 2.24) is 0 Å². The first-order chi connectivity index (χ1) is 8.29. The highest BCUT2D eigenvalue weighted by Gasteiger charge is 2.08. The Morgan fingerprint density at radius 3 is 2.76 bits per heavy atom. The molecule has 0 fully saturated rings. The van der Waals surface area contributed by atoms with Crippen molar-refractivity contribution in [3.8, 4) is 0 Å². The molecule has 0 saturated heterocycles. The summed E-state index contributed by atoms with van der Waals surface area (Å²) in [5.41, 5.74) is 2.32. The summed E-state index contributed by atoms with van der Waals surface area (Å²) in [6, 6.07) is 12.2. The second kappa shape index (κ2) is 5.50. The van der Waals surface area contributed by atoms with Crippen molar-refractivity contribution in [3.05, 3.63) is 52.9 Å². The van der Waals surface area contributed by atoms with Crippen LogP contribution in [-0.4, -0.2) is 13.2 Å². The lowest BCUT2D eigenvalue weighted by molar-refractivity contribution is 0.187. The van der Waals surface area contributed by atoms with E-state index in [4.69, 9.17) is 0 Å². The van der Waals surface area contributed by atoms with Gasteiger partial charge in [0, 0.05) is 6.42 Å². The Balaban J connectivity index is 2.12. The van der Waals surface area contributed by atoms with Crippen LogP contribution in [0.1, 0.15) is 11.1 Å². The highest BCUT2D eigenvalue weighted by molar-refractivity contribution is 7.14. The number of thiophene rings is 1. The molecule has 1 N–H and O–H groups in total. The van der Waals surface area contributed by atoms with E-state index in [0.29, 0.717) is 0 Å². The van der Waals surface area contributed by atoms with E-state index in [9.17, 15) is 4.79 Å². The van der Waals surface area contributed by atoms with Crippen molar-refractivity contribution in [2.45, 2.75) is 6.42 Å². The van der Waals surface area contributed by atoms with E-state index in [2.05, 4.69) is 22.2 Å². The largest absolute Gasteiger partial charge is 0.453 e. The molecule has 1 aromatic carbocycles. The van der Waals surface area contributed by atoms with E-state index in [-0.39, 0.29) is 0 Å². The normalized spacial score (nSPS) is 9.94. The molecule has 0 aliphatic carbocycles. The summed E-state index contributed by atoms with van der Waals surface area (Å²) in [6.07, 6.45) is 0.380. The first-order valence-electron chi connectivity index (χ1n) is 5.25. The number of anilines is 1. The fourth-order valence-corrected chi connectivity index (χ4v) is 2.35. The topological polar surface area (TPSA) is 38.3 Å². The number of nitrogens with one attached hydrogen (secondary N) is 1. The van der Waals surface area contributed by atoms with Crippen LogP contribution >= 0.6 is 11.3 Å². The molecule has 4 heteroatoms. The molecule has 2 aromatic rings. The second-order valence-corrected chi connectivity index (χ2v) is 4.47. The zero-order chi connectivity index (χ0) is 12.1. The van der Waals surface area contributed by atoms with E-state index in [1.54, 1.807) is 0 Å². The molecular formula is C13H13NO2S. The van der Waals surface area contributed by atoms with Crippen molar-refractivity contribution in [2.75, 3.05) is 12.4 Å². The van der Waals surface area contributed by atoms with Gasteiger partial charge in [0.15, 0.2) is 0 Å². The van der Waals surface area contributed by atoms with Crippen molar-refractivity contribution in [3.63, 3.8) is 0 Å². The maximum Gasteiger partial charge on any atom is 0.411 e. The van der Waals surface area contributed by atoms with Crippen LogP contribution in [0.2, 0.25) is 0 Å². The molecule has 1 heterocycles. The zero-order valence-corrected chi connectivity index (χ0v) is 10.3. The van der Waals surface area contributed by atoms with Gasteiger partial charge < -0.3 is 4.74 Å². The molecule has 1 amide bonds. The molecule has 3 nitrogen and oxygen atoms in total. The SMILES string of the molecule is COC(=O)Nc1sccc1Cc1ccccc1. The monoisotopic (exact) mass is 247 g/mol. The van der Waals surface area contributed by atoms with Gasteiger partial charge >= 0.3 is 6.09 Å². The Hall–Kier alpha value is -1.81. The predicted octanol–water partition coefficient (Wildman–Crippen LogP) is 3.52. The lowest BCUT2D eigenvalue weighted by Gasteiger charge is -2.05. The Kier molecular flexibility index (Phi) is 3.77. The summed E-state index contributed by atoms with van der Waals surface area (Å²) >= 11 is 1.50. The van der Waals surface area contributed by atoms with Gasteiger partial charge in [0.25, 0.3) is 0 Å². The smallest absolute Gasteiger partial charge is 0.411 e. The van der Waals surface area contributed by atoms with Crippen LogP contribution in [0.25, 0.3) is 0 Å². The zero-order valence-electron chi connectivity index (χ0n) is 9.47. The van der Waals surface area contributed by atoms with Gasteiger partial charge in [-0.15, -0.1) is 11.3 Å². The second-order valence-electron chi connectivity index (χ2n) is 3.55. The van der Waals surface area contributed by atoms with Gasteiger partial charge in [0.1, 0.15) is 5.00 Å².